The summed E-state index contributed by atoms with van der Waals surface area (Å²) in [6, 6.07) is 0.104. The average molecular weight is 277 g/mol. The van der Waals surface area contributed by atoms with Crippen molar-refractivity contribution >= 4 is 5.91 Å². The molecule has 2 aliphatic rings. The standard InChI is InChI=1S/C15H23N3O2/c1-18-14-8-4-7-13(12(14)9-16-18)17-15(19)10-20-11-5-2-3-6-11/h9,11,13H,2-8,10H2,1H3,(H,17,19)/t13-/m0/s1. The third-order valence-electron chi connectivity index (χ3n) is 4.46. The number of hydrogen-bond donors (Lipinski definition) is 1. The summed E-state index contributed by atoms with van der Waals surface area (Å²) < 4.78 is 7.59. The number of rotatable bonds is 4. The van der Waals surface area contributed by atoms with Crippen LogP contribution in [0.2, 0.25) is 0 Å². The predicted molar refractivity (Wildman–Crippen MR) is 75.2 cm³/mol. The first-order valence-electron chi connectivity index (χ1n) is 7.66. The van der Waals surface area contributed by atoms with Gasteiger partial charge in [-0.2, -0.15) is 5.10 Å². The smallest absolute Gasteiger partial charge is 0.246 e. The Morgan fingerprint density at radius 2 is 2.20 bits per heavy atom. The van der Waals surface area contributed by atoms with Crippen molar-refractivity contribution in [2.75, 3.05) is 6.61 Å². The van der Waals surface area contributed by atoms with E-state index in [1.165, 1.54) is 24.1 Å². The van der Waals surface area contributed by atoms with Gasteiger partial charge in [0.1, 0.15) is 6.61 Å². The molecule has 0 bridgehead atoms. The Balaban J connectivity index is 1.54. The molecule has 20 heavy (non-hydrogen) atoms. The molecule has 1 fully saturated rings. The lowest BCUT2D eigenvalue weighted by atomic mass is 9.93. The summed E-state index contributed by atoms with van der Waals surface area (Å²) in [5.74, 6) is -0.00129. The van der Waals surface area contributed by atoms with Crippen molar-refractivity contribution in [3.63, 3.8) is 0 Å². The Bertz CT molecular complexity index is 477. The van der Waals surface area contributed by atoms with Crippen molar-refractivity contribution in [2.24, 2.45) is 7.05 Å². The van der Waals surface area contributed by atoms with Gasteiger partial charge in [0.15, 0.2) is 0 Å². The maximum atomic E-state index is 12.0. The second-order valence-corrected chi connectivity index (χ2v) is 5.90. The lowest BCUT2D eigenvalue weighted by Gasteiger charge is -2.24. The highest BCUT2D eigenvalue weighted by atomic mass is 16.5. The monoisotopic (exact) mass is 277 g/mol. The number of fused-ring (bicyclic) bond motifs is 1. The maximum absolute atomic E-state index is 12.0. The predicted octanol–water partition coefficient (Wildman–Crippen LogP) is 1.87. The fourth-order valence-electron chi connectivity index (χ4n) is 3.34. The second-order valence-electron chi connectivity index (χ2n) is 5.90. The SMILES string of the molecule is Cn1ncc2c1CCC[C@@H]2NC(=O)COC1CCCC1. The number of amides is 1. The van der Waals surface area contributed by atoms with E-state index in [0.29, 0.717) is 6.10 Å². The van der Waals surface area contributed by atoms with Crippen LogP contribution in [-0.4, -0.2) is 28.4 Å². The van der Waals surface area contributed by atoms with Crippen LogP contribution in [0.3, 0.4) is 0 Å². The van der Waals surface area contributed by atoms with Gasteiger partial charge in [0.2, 0.25) is 5.91 Å². The van der Waals surface area contributed by atoms with Crippen molar-refractivity contribution in [2.45, 2.75) is 57.1 Å². The minimum atomic E-state index is -0.00129. The molecular weight excluding hydrogens is 254 g/mol. The third-order valence-corrected chi connectivity index (χ3v) is 4.46. The minimum absolute atomic E-state index is 0.00129. The number of carbonyl (C=O) groups is 1. The molecule has 2 aliphatic carbocycles. The highest BCUT2D eigenvalue weighted by Crippen LogP contribution is 2.29. The molecule has 1 atom stereocenters. The number of nitrogens with one attached hydrogen (secondary N) is 1. The molecule has 0 radical (unpaired) electrons. The van der Waals surface area contributed by atoms with Crippen molar-refractivity contribution in [1.82, 2.24) is 15.1 Å². The highest BCUT2D eigenvalue weighted by molar-refractivity contribution is 5.77. The number of aromatic nitrogens is 2. The van der Waals surface area contributed by atoms with E-state index in [0.717, 1.165) is 32.1 Å². The van der Waals surface area contributed by atoms with Gasteiger partial charge in [0.25, 0.3) is 0 Å². The summed E-state index contributed by atoms with van der Waals surface area (Å²) in [5, 5.41) is 7.39. The molecule has 0 aromatic carbocycles. The van der Waals surface area contributed by atoms with Gasteiger partial charge in [-0.15, -0.1) is 0 Å². The molecule has 1 heterocycles. The van der Waals surface area contributed by atoms with E-state index >= 15 is 0 Å². The molecule has 5 nitrogen and oxygen atoms in total. The van der Waals surface area contributed by atoms with Gasteiger partial charge in [0, 0.05) is 18.3 Å². The Kier molecular flexibility index (Phi) is 4.05. The molecule has 5 heteroatoms. The number of hydrogen-bond acceptors (Lipinski definition) is 3. The van der Waals surface area contributed by atoms with Gasteiger partial charge in [0.05, 0.1) is 18.3 Å². The second kappa shape index (κ2) is 5.95. The van der Waals surface area contributed by atoms with Crippen molar-refractivity contribution < 1.29 is 9.53 Å². The van der Waals surface area contributed by atoms with Crippen LogP contribution in [0, 0.1) is 0 Å². The number of nitrogens with zero attached hydrogens (tertiary/aromatic N) is 2. The van der Waals surface area contributed by atoms with E-state index in [1.807, 2.05) is 17.9 Å². The van der Waals surface area contributed by atoms with Crippen LogP contribution in [0.5, 0.6) is 0 Å². The number of ether oxygens (including phenoxy) is 1. The molecule has 0 aliphatic heterocycles. The fourth-order valence-corrected chi connectivity index (χ4v) is 3.34. The van der Waals surface area contributed by atoms with E-state index < -0.39 is 0 Å². The summed E-state index contributed by atoms with van der Waals surface area (Å²) in [5.41, 5.74) is 2.42. The van der Waals surface area contributed by atoms with Gasteiger partial charge in [-0.25, -0.2) is 0 Å². The summed E-state index contributed by atoms with van der Waals surface area (Å²) in [6.45, 7) is 0.191. The Hall–Kier alpha value is -1.36. The number of aryl methyl sites for hydroxylation is 1. The third kappa shape index (κ3) is 2.87. The van der Waals surface area contributed by atoms with E-state index in [-0.39, 0.29) is 18.6 Å². The van der Waals surface area contributed by atoms with Gasteiger partial charge in [-0.3, -0.25) is 9.48 Å². The molecule has 1 aromatic heterocycles. The van der Waals surface area contributed by atoms with Crippen molar-refractivity contribution in [1.29, 1.82) is 0 Å². The van der Waals surface area contributed by atoms with Crippen molar-refractivity contribution in [3.8, 4) is 0 Å². The molecule has 0 spiro atoms. The summed E-state index contributed by atoms with van der Waals surface area (Å²) in [7, 11) is 1.96. The first-order valence-corrected chi connectivity index (χ1v) is 7.66. The summed E-state index contributed by atoms with van der Waals surface area (Å²) in [6.07, 6.45) is 9.98. The van der Waals surface area contributed by atoms with Gasteiger partial charge < -0.3 is 10.1 Å². The van der Waals surface area contributed by atoms with Crippen molar-refractivity contribution in [3.05, 3.63) is 17.5 Å². The van der Waals surface area contributed by atoms with Crippen LogP contribution in [0.25, 0.3) is 0 Å². The molecule has 0 unspecified atom stereocenters. The van der Waals surface area contributed by atoms with Gasteiger partial charge in [-0.1, -0.05) is 12.8 Å². The fraction of sp³-hybridized carbons (Fsp3) is 0.733. The molecule has 1 aromatic rings. The molecule has 3 rings (SSSR count). The number of carbonyl (C=O) groups excluding carboxylic acids is 1. The van der Waals surface area contributed by atoms with Gasteiger partial charge >= 0.3 is 0 Å². The Morgan fingerprint density at radius 3 is 3.00 bits per heavy atom. The zero-order chi connectivity index (χ0) is 13.9. The van der Waals surface area contributed by atoms with Crippen LogP contribution < -0.4 is 5.32 Å². The van der Waals surface area contributed by atoms with Gasteiger partial charge in [-0.05, 0) is 32.1 Å². The zero-order valence-electron chi connectivity index (χ0n) is 12.1. The topological polar surface area (TPSA) is 56.2 Å². The van der Waals surface area contributed by atoms with Crippen LogP contribution in [-0.2, 0) is 23.0 Å². The van der Waals surface area contributed by atoms with Crippen LogP contribution in [0.4, 0.5) is 0 Å². The van der Waals surface area contributed by atoms with Crippen LogP contribution in [0.15, 0.2) is 6.20 Å². The molecular formula is C15H23N3O2. The normalized spacial score (nSPS) is 22.8. The van der Waals surface area contributed by atoms with Crippen LogP contribution >= 0.6 is 0 Å². The molecule has 1 N–H and O–H groups in total. The first-order chi connectivity index (χ1) is 9.74. The van der Waals surface area contributed by atoms with E-state index in [4.69, 9.17) is 4.74 Å². The minimum Gasteiger partial charge on any atom is -0.368 e. The molecule has 0 saturated heterocycles. The Labute approximate surface area is 119 Å². The molecule has 1 saturated carbocycles. The summed E-state index contributed by atoms with van der Waals surface area (Å²) >= 11 is 0. The van der Waals surface area contributed by atoms with Crippen LogP contribution in [0.1, 0.15) is 55.8 Å². The van der Waals surface area contributed by atoms with E-state index in [9.17, 15) is 4.79 Å². The lowest BCUT2D eigenvalue weighted by molar-refractivity contribution is -0.128. The quantitative estimate of drug-likeness (QED) is 0.914. The van der Waals surface area contributed by atoms with E-state index in [1.54, 1.807) is 0 Å². The Morgan fingerprint density at radius 1 is 1.40 bits per heavy atom. The maximum Gasteiger partial charge on any atom is 0.246 e. The largest absolute Gasteiger partial charge is 0.368 e. The first kappa shape index (κ1) is 13.6. The summed E-state index contributed by atoms with van der Waals surface area (Å²) in [4.78, 5) is 12.0. The zero-order valence-corrected chi connectivity index (χ0v) is 12.1. The molecule has 1 amide bonds. The highest BCUT2D eigenvalue weighted by Gasteiger charge is 2.25. The van der Waals surface area contributed by atoms with E-state index in [2.05, 4.69) is 10.4 Å². The average Bonchev–Trinajstić information content (AvgIpc) is 3.08. The lowest BCUT2D eigenvalue weighted by Crippen LogP contribution is -2.34. The molecule has 110 valence electrons.